The van der Waals surface area contributed by atoms with Crippen LogP contribution in [0.1, 0.15) is 32.1 Å². The largest absolute Gasteiger partial charge is 0.454 e. The van der Waals surface area contributed by atoms with Crippen LogP contribution in [0.2, 0.25) is 0 Å². The van der Waals surface area contributed by atoms with Gasteiger partial charge in [-0.3, -0.25) is 9.10 Å². The average molecular weight is 441 g/mol. The van der Waals surface area contributed by atoms with E-state index < -0.39 is 22.6 Å². The molecule has 1 heterocycles. The summed E-state index contributed by atoms with van der Waals surface area (Å²) in [4.78, 5) is 25.0. The van der Waals surface area contributed by atoms with Gasteiger partial charge in [-0.15, -0.1) is 0 Å². The van der Waals surface area contributed by atoms with Gasteiger partial charge in [-0.2, -0.15) is 0 Å². The van der Waals surface area contributed by atoms with Crippen molar-refractivity contribution in [3.05, 3.63) is 83.2 Å². The lowest BCUT2D eigenvalue weighted by Crippen LogP contribution is -2.28. The Morgan fingerprint density at radius 1 is 0.968 bits per heavy atom. The Labute approximate surface area is 181 Å². The van der Waals surface area contributed by atoms with Gasteiger partial charge in [-0.05, 0) is 44.2 Å². The highest BCUT2D eigenvalue weighted by Gasteiger charge is 2.28. The van der Waals surface area contributed by atoms with E-state index in [9.17, 15) is 18.0 Å². The number of carbonyl (C=O) groups is 2. The number of rotatable bonds is 7. The number of aromatic nitrogens is 1. The number of benzene rings is 2. The van der Waals surface area contributed by atoms with Gasteiger partial charge in [-0.1, -0.05) is 30.3 Å². The molecular weight excluding hydrogens is 416 g/mol. The highest BCUT2D eigenvalue weighted by atomic mass is 32.2. The van der Waals surface area contributed by atoms with Crippen molar-refractivity contribution < 1.29 is 22.7 Å². The maximum Gasteiger partial charge on any atom is 0.339 e. The zero-order chi connectivity index (χ0) is 22.8. The average Bonchev–Trinajstić information content (AvgIpc) is 3.04. The summed E-state index contributed by atoms with van der Waals surface area (Å²) in [5.74, 6) is -1.23. The van der Waals surface area contributed by atoms with Gasteiger partial charge in [0.25, 0.3) is 10.0 Å². The van der Waals surface area contributed by atoms with Gasteiger partial charge in [0.2, 0.25) is 5.78 Å². The third-order valence-corrected chi connectivity index (χ3v) is 7.12. The fourth-order valence-corrected chi connectivity index (χ4v) is 4.58. The Morgan fingerprint density at radius 3 is 2.19 bits per heavy atom. The molecule has 0 spiro atoms. The fraction of sp³-hybridized carbons (Fsp3) is 0.217. The zero-order valence-corrected chi connectivity index (χ0v) is 18.6. The van der Waals surface area contributed by atoms with Gasteiger partial charge >= 0.3 is 5.97 Å². The van der Waals surface area contributed by atoms with Crippen LogP contribution in [-0.2, 0) is 21.8 Å². The van der Waals surface area contributed by atoms with E-state index in [0.717, 1.165) is 15.7 Å². The first-order chi connectivity index (χ1) is 14.6. The highest BCUT2D eigenvalue weighted by molar-refractivity contribution is 7.92. The summed E-state index contributed by atoms with van der Waals surface area (Å²) in [6.07, 6.45) is 0. The van der Waals surface area contributed by atoms with Crippen LogP contribution in [0.4, 0.5) is 5.69 Å². The third kappa shape index (κ3) is 4.39. The van der Waals surface area contributed by atoms with Crippen LogP contribution in [0.25, 0.3) is 0 Å². The number of Topliss-reactive ketones (excluding diaryl/α,β-unsaturated/α-hetero) is 1. The number of hydrogen-bond donors (Lipinski definition) is 0. The summed E-state index contributed by atoms with van der Waals surface area (Å²) < 4.78 is 34.5. The number of sulfonamides is 1. The van der Waals surface area contributed by atoms with Crippen molar-refractivity contribution in [1.82, 2.24) is 4.57 Å². The summed E-state index contributed by atoms with van der Waals surface area (Å²) in [5, 5.41) is 0. The molecule has 0 unspecified atom stereocenters. The Morgan fingerprint density at radius 2 is 1.58 bits per heavy atom. The Bertz CT molecular complexity index is 1230. The van der Waals surface area contributed by atoms with Crippen LogP contribution in [0.3, 0.4) is 0 Å². The van der Waals surface area contributed by atoms with Crippen LogP contribution in [0.15, 0.2) is 65.6 Å². The van der Waals surface area contributed by atoms with Crippen molar-refractivity contribution in [2.75, 3.05) is 18.0 Å². The molecule has 0 aliphatic carbocycles. The molecule has 0 N–H and O–H groups in total. The van der Waals surface area contributed by atoms with Gasteiger partial charge in [-0.25, -0.2) is 13.2 Å². The molecule has 2 aromatic carbocycles. The van der Waals surface area contributed by atoms with E-state index in [-0.39, 0.29) is 16.2 Å². The number of aryl methyl sites for hydroxylation is 1. The minimum Gasteiger partial charge on any atom is -0.454 e. The van der Waals surface area contributed by atoms with Gasteiger partial charge < -0.3 is 9.30 Å². The molecular formula is C23H24N2O5S. The number of hydrogen-bond acceptors (Lipinski definition) is 5. The van der Waals surface area contributed by atoms with Crippen molar-refractivity contribution in [2.45, 2.75) is 18.7 Å². The Kier molecular flexibility index (Phi) is 6.31. The van der Waals surface area contributed by atoms with E-state index in [4.69, 9.17) is 4.74 Å². The Balaban J connectivity index is 1.83. The molecule has 0 bridgehead atoms. The predicted molar refractivity (Wildman–Crippen MR) is 118 cm³/mol. The molecule has 162 valence electrons. The number of ether oxygens (including phenoxy) is 1. The van der Waals surface area contributed by atoms with Crippen molar-refractivity contribution in [2.24, 2.45) is 7.05 Å². The molecule has 0 aliphatic rings. The first-order valence-corrected chi connectivity index (χ1v) is 11.0. The number of ketones is 1. The normalized spacial score (nSPS) is 11.2. The molecule has 0 saturated heterocycles. The van der Waals surface area contributed by atoms with Gasteiger partial charge in [0.1, 0.15) is 4.90 Å². The van der Waals surface area contributed by atoms with E-state index in [1.165, 1.54) is 25.2 Å². The second kappa shape index (κ2) is 8.77. The van der Waals surface area contributed by atoms with E-state index in [1.54, 1.807) is 42.5 Å². The topological polar surface area (TPSA) is 85.7 Å². The van der Waals surface area contributed by atoms with E-state index in [1.807, 2.05) is 25.5 Å². The van der Waals surface area contributed by atoms with Gasteiger partial charge in [0.05, 0.1) is 11.3 Å². The summed E-state index contributed by atoms with van der Waals surface area (Å²) in [6, 6.07) is 16.1. The van der Waals surface area contributed by atoms with Gasteiger partial charge in [0.15, 0.2) is 6.61 Å². The van der Waals surface area contributed by atoms with Crippen LogP contribution < -0.4 is 4.31 Å². The first kappa shape index (κ1) is 22.3. The highest BCUT2D eigenvalue weighted by Crippen LogP contribution is 2.25. The van der Waals surface area contributed by atoms with E-state index in [2.05, 4.69) is 0 Å². The predicted octanol–water partition coefficient (Wildman–Crippen LogP) is 3.51. The summed E-state index contributed by atoms with van der Waals surface area (Å²) in [7, 11) is -0.765. The SMILES string of the molecule is Cc1cc(C(=O)COC(=O)c2ccccc2S(=O)(=O)N(C)c2ccccc2)c(C)n1C. The number of para-hydroxylation sites is 1. The van der Waals surface area contributed by atoms with Gasteiger partial charge in [0, 0.05) is 31.0 Å². The maximum atomic E-state index is 13.2. The number of nitrogens with zero attached hydrogens (tertiary/aromatic N) is 2. The monoisotopic (exact) mass is 440 g/mol. The Hall–Kier alpha value is -3.39. The van der Waals surface area contributed by atoms with Crippen LogP contribution in [0, 0.1) is 13.8 Å². The lowest BCUT2D eigenvalue weighted by Gasteiger charge is -2.20. The molecule has 3 aromatic rings. The van der Waals surface area contributed by atoms with Crippen molar-refractivity contribution in [3.63, 3.8) is 0 Å². The number of esters is 1. The van der Waals surface area contributed by atoms with Crippen LogP contribution in [-0.4, -0.2) is 38.4 Å². The minimum absolute atomic E-state index is 0.126. The molecule has 0 saturated carbocycles. The van der Waals surface area contributed by atoms with Crippen molar-refractivity contribution in [3.8, 4) is 0 Å². The molecule has 0 radical (unpaired) electrons. The molecule has 0 atom stereocenters. The standard InChI is InChI=1S/C23H24N2O5S/c1-16-14-20(17(2)24(16)3)21(26)15-30-23(27)19-12-8-9-13-22(19)31(28,29)25(4)18-10-6-5-7-11-18/h5-14H,15H2,1-4H3. The molecule has 0 fully saturated rings. The molecule has 0 amide bonds. The number of carbonyl (C=O) groups excluding carboxylic acids is 2. The summed E-state index contributed by atoms with van der Waals surface area (Å²) in [6.45, 7) is 3.20. The smallest absolute Gasteiger partial charge is 0.339 e. The molecule has 3 rings (SSSR count). The first-order valence-electron chi connectivity index (χ1n) is 9.61. The second-order valence-electron chi connectivity index (χ2n) is 7.15. The second-order valence-corrected chi connectivity index (χ2v) is 9.09. The zero-order valence-electron chi connectivity index (χ0n) is 17.8. The minimum atomic E-state index is -4.02. The molecule has 7 nitrogen and oxygen atoms in total. The third-order valence-electron chi connectivity index (χ3n) is 5.28. The molecule has 1 aromatic heterocycles. The van der Waals surface area contributed by atoms with Crippen molar-refractivity contribution >= 4 is 27.5 Å². The molecule has 8 heteroatoms. The molecule has 0 aliphatic heterocycles. The summed E-state index contributed by atoms with van der Waals surface area (Å²) in [5.41, 5.74) is 2.48. The van der Waals surface area contributed by atoms with E-state index in [0.29, 0.717) is 11.3 Å². The molecule has 31 heavy (non-hydrogen) atoms. The fourth-order valence-electron chi connectivity index (χ4n) is 3.21. The van der Waals surface area contributed by atoms with Crippen molar-refractivity contribution in [1.29, 1.82) is 0 Å². The quantitative estimate of drug-likeness (QED) is 0.415. The lowest BCUT2D eigenvalue weighted by atomic mass is 10.1. The van der Waals surface area contributed by atoms with Crippen LogP contribution in [0.5, 0.6) is 0 Å². The lowest BCUT2D eigenvalue weighted by molar-refractivity contribution is 0.0470. The maximum absolute atomic E-state index is 13.2. The van der Waals surface area contributed by atoms with E-state index >= 15 is 0 Å². The number of anilines is 1. The van der Waals surface area contributed by atoms with Crippen LogP contribution >= 0.6 is 0 Å². The summed E-state index contributed by atoms with van der Waals surface area (Å²) >= 11 is 0.